The first-order valence-electron chi connectivity index (χ1n) is 5.05. The van der Waals surface area contributed by atoms with Gasteiger partial charge in [0, 0.05) is 16.2 Å². The molecule has 1 N–H and O–H groups in total. The van der Waals surface area contributed by atoms with Gasteiger partial charge in [-0.05, 0) is 24.6 Å². The molecular formula is C12H13NO2S. The van der Waals surface area contributed by atoms with E-state index < -0.39 is 6.10 Å². The fraction of sp³-hybridized carbons (Fsp3) is 0.250. The summed E-state index contributed by atoms with van der Waals surface area (Å²) in [5, 5.41) is 13.0. The van der Waals surface area contributed by atoms with Crippen molar-refractivity contribution in [2.75, 3.05) is 0 Å². The van der Waals surface area contributed by atoms with Gasteiger partial charge in [-0.3, -0.25) is 0 Å². The van der Waals surface area contributed by atoms with E-state index in [-0.39, 0.29) is 0 Å². The van der Waals surface area contributed by atoms with Crippen LogP contribution in [0.3, 0.4) is 0 Å². The van der Waals surface area contributed by atoms with Gasteiger partial charge < -0.3 is 9.63 Å². The average Bonchev–Trinajstić information content (AvgIpc) is 2.80. The molecule has 0 radical (unpaired) electrons. The van der Waals surface area contributed by atoms with Crippen molar-refractivity contribution in [1.82, 2.24) is 5.16 Å². The zero-order valence-corrected chi connectivity index (χ0v) is 9.78. The van der Waals surface area contributed by atoms with Gasteiger partial charge in [0.15, 0.2) is 0 Å². The molecule has 0 saturated heterocycles. The van der Waals surface area contributed by atoms with Crippen LogP contribution in [0.2, 0.25) is 0 Å². The van der Waals surface area contributed by atoms with Crippen LogP contribution in [-0.4, -0.2) is 10.3 Å². The van der Waals surface area contributed by atoms with Gasteiger partial charge in [0.25, 0.3) is 0 Å². The van der Waals surface area contributed by atoms with Crippen LogP contribution in [0.25, 0.3) is 0 Å². The van der Waals surface area contributed by atoms with Crippen LogP contribution < -0.4 is 0 Å². The summed E-state index contributed by atoms with van der Waals surface area (Å²) in [6, 6.07) is 7.92. The molecule has 1 heterocycles. The number of aromatic nitrogens is 1. The highest BCUT2D eigenvalue weighted by molar-refractivity contribution is 7.98. The molecule has 1 unspecified atom stereocenters. The van der Waals surface area contributed by atoms with Crippen molar-refractivity contribution in [1.29, 1.82) is 0 Å². The molecule has 0 aliphatic rings. The Labute approximate surface area is 98.5 Å². The number of thioether (sulfide) groups is 1. The molecule has 1 aromatic carbocycles. The van der Waals surface area contributed by atoms with E-state index in [0.29, 0.717) is 0 Å². The molecule has 16 heavy (non-hydrogen) atoms. The van der Waals surface area contributed by atoms with Crippen molar-refractivity contribution in [3.8, 4) is 0 Å². The van der Waals surface area contributed by atoms with Gasteiger partial charge in [-0.2, -0.15) is 0 Å². The molecule has 0 amide bonds. The van der Waals surface area contributed by atoms with Crippen LogP contribution in [0.4, 0.5) is 0 Å². The van der Waals surface area contributed by atoms with Crippen LogP contribution in [0.15, 0.2) is 46.1 Å². The van der Waals surface area contributed by atoms with Crippen LogP contribution in [-0.2, 0) is 5.75 Å². The molecule has 0 aliphatic carbocycles. The minimum absolute atomic E-state index is 0.405. The molecule has 0 fully saturated rings. The molecule has 4 heteroatoms. The third kappa shape index (κ3) is 2.87. The summed E-state index contributed by atoms with van der Waals surface area (Å²) in [6.07, 6.45) is 2.96. The van der Waals surface area contributed by atoms with E-state index in [9.17, 15) is 5.11 Å². The van der Waals surface area contributed by atoms with Gasteiger partial charge in [0.2, 0.25) is 0 Å². The van der Waals surface area contributed by atoms with Crippen molar-refractivity contribution in [3.05, 3.63) is 47.9 Å². The Morgan fingerprint density at radius 3 is 2.69 bits per heavy atom. The van der Waals surface area contributed by atoms with Crippen LogP contribution in [0.5, 0.6) is 0 Å². The van der Waals surface area contributed by atoms with Gasteiger partial charge >= 0.3 is 0 Å². The second-order valence-corrected chi connectivity index (χ2v) is 4.62. The smallest absolute Gasteiger partial charge is 0.127 e. The van der Waals surface area contributed by atoms with Gasteiger partial charge in [-0.15, -0.1) is 11.8 Å². The summed E-state index contributed by atoms with van der Waals surface area (Å²) >= 11 is 1.72. The Kier molecular flexibility index (Phi) is 3.64. The SMILES string of the molecule is CC(O)c1ccc(SCc2cnoc2)cc1. The average molecular weight is 235 g/mol. The number of rotatable bonds is 4. The summed E-state index contributed by atoms with van der Waals surface area (Å²) < 4.78 is 4.76. The van der Waals surface area contributed by atoms with E-state index >= 15 is 0 Å². The quantitative estimate of drug-likeness (QED) is 0.827. The number of benzene rings is 1. The fourth-order valence-corrected chi connectivity index (χ4v) is 2.11. The maximum Gasteiger partial charge on any atom is 0.127 e. The van der Waals surface area contributed by atoms with Gasteiger partial charge in [0.1, 0.15) is 6.26 Å². The standard InChI is InChI=1S/C12H13NO2S/c1-9(14)11-2-4-12(5-3-11)16-8-10-6-13-15-7-10/h2-7,9,14H,8H2,1H3. The van der Waals surface area contributed by atoms with Crippen molar-refractivity contribution in [3.63, 3.8) is 0 Å². The van der Waals surface area contributed by atoms with Crippen molar-refractivity contribution in [2.45, 2.75) is 23.7 Å². The van der Waals surface area contributed by atoms with E-state index in [1.165, 1.54) is 4.90 Å². The Morgan fingerprint density at radius 2 is 2.12 bits per heavy atom. The lowest BCUT2D eigenvalue weighted by molar-refractivity contribution is 0.199. The number of aliphatic hydroxyl groups excluding tert-OH is 1. The van der Waals surface area contributed by atoms with E-state index in [4.69, 9.17) is 4.52 Å². The summed E-state index contributed by atoms with van der Waals surface area (Å²) in [6.45, 7) is 1.76. The minimum Gasteiger partial charge on any atom is -0.389 e. The van der Waals surface area contributed by atoms with Crippen molar-refractivity contribution >= 4 is 11.8 Å². The molecule has 0 spiro atoms. The van der Waals surface area contributed by atoms with Crippen LogP contribution >= 0.6 is 11.8 Å². The Hall–Kier alpha value is -1.26. The monoisotopic (exact) mass is 235 g/mol. The highest BCUT2D eigenvalue weighted by Gasteiger charge is 2.01. The summed E-state index contributed by atoms with van der Waals surface area (Å²) in [4.78, 5) is 1.17. The van der Waals surface area contributed by atoms with Crippen molar-refractivity contribution in [2.24, 2.45) is 0 Å². The molecule has 0 aliphatic heterocycles. The predicted molar refractivity (Wildman–Crippen MR) is 63.1 cm³/mol. The Balaban J connectivity index is 1.95. The molecule has 0 saturated carbocycles. The van der Waals surface area contributed by atoms with Crippen LogP contribution in [0.1, 0.15) is 24.2 Å². The van der Waals surface area contributed by atoms with E-state index in [2.05, 4.69) is 5.16 Å². The molecule has 2 rings (SSSR count). The maximum atomic E-state index is 9.37. The first kappa shape index (κ1) is 11.2. The van der Waals surface area contributed by atoms with E-state index in [1.807, 2.05) is 24.3 Å². The largest absolute Gasteiger partial charge is 0.389 e. The third-order valence-corrected chi connectivity index (χ3v) is 3.33. The minimum atomic E-state index is -0.405. The normalized spacial score (nSPS) is 12.6. The molecular weight excluding hydrogens is 222 g/mol. The third-order valence-electron chi connectivity index (χ3n) is 2.25. The zero-order valence-electron chi connectivity index (χ0n) is 8.96. The molecule has 3 nitrogen and oxygen atoms in total. The second-order valence-electron chi connectivity index (χ2n) is 3.57. The van der Waals surface area contributed by atoms with Gasteiger partial charge in [0.05, 0.1) is 12.3 Å². The molecule has 1 atom stereocenters. The lowest BCUT2D eigenvalue weighted by Gasteiger charge is -2.05. The van der Waals surface area contributed by atoms with Gasteiger partial charge in [-0.1, -0.05) is 17.3 Å². The van der Waals surface area contributed by atoms with E-state index in [0.717, 1.165) is 16.9 Å². The topological polar surface area (TPSA) is 46.3 Å². The number of hydrogen-bond acceptors (Lipinski definition) is 4. The lowest BCUT2D eigenvalue weighted by atomic mass is 10.1. The van der Waals surface area contributed by atoms with Crippen LogP contribution in [0, 0.1) is 0 Å². The zero-order chi connectivity index (χ0) is 11.4. The predicted octanol–water partition coefficient (Wildman–Crippen LogP) is 3.02. The maximum absolute atomic E-state index is 9.37. The lowest BCUT2D eigenvalue weighted by Crippen LogP contribution is -1.89. The Morgan fingerprint density at radius 1 is 1.38 bits per heavy atom. The van der Waals surface area contributed by atoms with E-state index in [1.54, 1.807) is 31.1 Å². The fourth-order valence-electron chi connectivity index (χ4n) is 1.31. The second kappa shape index (κ2) is 5.18. The number of aliphatic hydroxyl groups is 1. The van der Waals surface area contributed by atoms with Gasteiger partial charge in [-0.25, -0.2) is 0 Å². The summed E-state index contributed by atoms with van der Waals surface area (Å²) in [5.41, 5.74) is 2.01. The molecule has 1 aromatic heterocycles. The van der Waals surface area contributed by atoms with Crippen molar-refractivity contribution < 1.29 is 9.63 Å². The molecule has 2 aromatic rings. The summed E-state index contributed by atoms with van der Waals surface area (Å²) in [7, 11) is 0. The highest BCUT2D eigenvalue weighted by atomic mass is 32.2. The first-order valence-corrected chi connectivity index (χ1v) is 6.03. The number of hydrogen-bond donors (Lipinski definition) is 1. The Bertz CT molecular complexity index is 423. The molecule has 0 bridgehead atoms. The molecule has 84 valence electrons. The summed E-state index contributed by atoms with van der Waals surface area (Å²) in [5.74, 6) is 0.845. The first-order chi connectivity index (χ1) is 7.75. The number of nitrogens with zero attached hydrogens (tertiary/aromatic N) is 1. The highest BCUT2D eigenvalue weighted by Crippen LogP contribution is 2.24.